The van der Waals surface area contributed by atoms with Crippen molar-refractivity contribution < 1.29 is 14.4 Å². The molecular formula is C19H19N2O3+. The lowest BCUT2D eigenvalue weighted by Gasteiger charge is -2.12. The summed E-state index contributed by atoms with van der Waals surface area (Å²) in [6.07, 6.45) is 0. The molecule has 0 spiro atoms. The highest BCUT2D eigenvalue weighted by molar-refractivity contribution is 5.47. The van der Waals surface area contributed by atoms with Crippen molar-refractivity contribution >= 4 is 0 Å². The van der Waals surface area contributed by atoms with Crippen LogP contribution >= 0.6 is 0 Å². The summed E-state index contributed by atoms with van der Waals surface area (Å²) in [5, 5.41) is 9.51. The minimum atomic E-state index is -0.121. The van der Waals surface area contributed by atoms with Gasteiger partial charge >= 0.3 is 5.56 Å². The molecule has 0 unspecified atom stereocenters. The highest BCUT2D eigenvalue weighted by Crippen LogP contribution is 2.21. The average Bonchev–Trinajstić information content (AvgIpc) is 2.56. The fourth-order valence-electron chi connectivity index (χ4n) is 2.92. The first-order valence-corrected chi connectivity index (χ1v) is 7.61. The van der Waals surface area contributed by atoms with Crippen molar-refractivity contribution in [2.24, 2.45) is 0 Å². The SMILES string of the molecule is COc1ccccc1-n1c(C)[n+](-c2ccc(O)cc2)c(C)cc1=O. The molecule has 122 valence electrons. The van der Waals surface area contributed by atoms with E-state index in [0.29, 0.717) is 11.4 Å². The van der Waals surface area contributed by atoms with Gasteiger partial charge in [0.25, 0.3) is 5.82 Å². The standard InChI is InChI=1S/C19H18N2O3/c1-13-12-19(23)21(17-6-4-5-7-18(17)24-3)14(2)20(13)15-8-10-16(22)11-9-15/h4-12H,1-3H3/p+1. The number of nitrogens with zero attached hydrogens (tertiary/aromatic N) is 2. The molecule has 0 aliphatic heterocycles. The Balaban J connectivity index is 2.31. The van der Waals surface area contributed by atoms with Crippen LogP contribution in [0, 0.1) is 13.8 Å². The van der Waals surface area contributed by atoms with Gasteiger partial charge in [-0.2, -0.15) is 4.57 Å². The van der Waals surface area contributed by atoms with Crippen LogP contribution in [0.5, 0.6) is 11.5 Å². The van der Waals surface area contributed by atoms with Gasteiger partial charge in [-0.05, 0) is 43.3 Å². The average molecular weight is 323 g/mol. The summed E-state index contributed by atoms with van der Waals surface area (Å²) in [5.41, 5.74) is 2.25. The van der Waals surface area contributed by atoms with Gasteiger partial charge in [-0.1, -0.05) is 12.1 Å². The van der Waals surface area contributed by atoms with Gasteiger partial charge in [0, 0.05) is 6.92 Å². The van der Waals surface area contributed by atoms with Crippen LogP contribution in [0.15, 0.2) is 59.4 Å². The second-order valence-electron chi connectivity index (χ2n) is 5.53. The van der Waals surface area contributed by atoms with Gasteiger partial charge in [0.05, 0.1) is 13.2 Å². The number of ether oxygens (including phenoxy) is 1. The Bertz CT molecular complexity index is 944. The zero-order valence-electron chi connectivity index (χ0n) is 13.9. The Morgan fingerprint density at radius 3 is 2.38 bits per heavy atom. The first kappa shape index (κ1) is 15.8. The van der Waals surface area contributed by atoms with E-state index < -0.39 is 0 Å². The summed E-state index contributed by atoms with van der Waals surface area (Å²) < 4.78 is 8.99. The first-order chi connectivity index (χ1) is 11.5. The van der Waals surface area contributed by atoms with E-state index in [1.165, 1.54) is 0 Å². The molecule has 0 atom stereocenters. The molecule has 2 aromatic carbocycles. The maximum absolute atomic E-state index is 12.6. The van der Waals surface area contributed by atoms with Crippen LogP contribution in [0.25, 0.3) is 11.4 Å². The Labute approximate surface area is 140 Å². The number of hydrogen-bond acceptors (Lipinski definition) is 3. The summed E-state index contributed by atoms with van der Waals surface area (Å²) in [6, 6.07) is 15.9. The van der Waals surface area contributed by atoms with Crippen molar-refractivity contribution in [3.05, 3.63) is 76.5 Å². The molecule has 0 aliphatic rings. The van der Waals surface area contributed by atoms with Crippen LogP contribution in [0.2, 0.25) is 0 Å². The third-order valence-electron chi connectivity index (χ3n) is 3.99. The van der Waals surface area contributed by atoms with Crippen molar-refractivity contribution in [2.75, 3.05) is 7.11 Å². The van der Waals surface area contributed by atoms with Gasteiger partial charge in [0.15, 0.2) is 11.4 Å². The molecule has 5 nitrogen and oxygen atoms in total. The minimum Gasteiger partial charge on any atom is -0.508 e. The highest BCUT2D eigenvalue weighted by atomic mass is 16.5. The van der Waals surface area contributed by atoms with Gasteiger partial charge in [0.1, 0.15) is 17.1 Å². The van der Waals surface area contributed by atoms with Crippen molar-refractivity contribution in [1.29, 1.82) is 0 Å². The summed E-state index contributed by atoms with van der Waals surface area (Å²) in [7, 11) is 1.58. The maximum atomic E-state index is 12.6. The lowest BCUT2D eigenvalue weighted by molar-refractivity contribution is -0.614. The monoisotopic (exact) mass is 323 g/mol. The Morgan fingerprint density at radius 2 is 1.71 bits per heavy atom. The molecule has 3 rings (SSSR count). The smallest absolute Gasteiger partial charge is 0.342 e. The number of phenolic OH excluding ortho intramolecular Hbond substituents is 1. The second-order valence-corrected chi connectivity index (χ2v) is 5.53. The third-order valence-corrected chi connectivity index (χ3v) is 3.99. The molecule has 24 heavy (non-hydrogen) atoms. The summed E-state index contributed by atoms with van der Waals surface area (Å²) in [4.78, 5) is 12.6. The Hall–Kier alpha value is -3.08. The molecule has 0 radical (unpaired) electrons. The van der Waals surface area contributed by atoms with Crippen molar-refractivity contribution in [3.63, 3.8) is 0 Å². The van der Waals surface area contributed by atoms with Gasteiger partial charge < -0.3 is 9.84 Å². The predicted molar refractivity (Wildman–Crippen MR) is 91.3 cm³/mol. The normalized spacial score (nSPS) is 10.6. The topological polar surface area (TPSA) is 55.3 Å². The second kappa shape index (κ2) is 6.20. The summed E-state index contributed by atoms with van der Waals surface area (Å²) in [5.74, 6) is 1.58. The number of aryl methyl sites for hydroxylation is 1. The molecule has 3 aromatic rings. The van der Waals surface area contributed by atoms with Crippen LogP contribution in [0.4, 0.5) is 0 Å². The molecule has 1 aromatic heterocycles. The number of hydrogen-bond donors (Lipinski definition) is 1. The maximum Gasteiger partial charge on any atom is 0.342 e. The third kappa shape index (κ3) is 2.65. The first-order valence-electron chi connectivity index (χ1n) is 7.61. The number of para-hydroxylation sites is 2. The fraction of sp³-hybridized carbons (Fsp3) is 0.158. The molecule has 1 N–H and O–H groups in total. The van der Waals surface area contributed by atoms with E-state index in [9.17, 15) is 9.90 Å². The molecule has 0 aliphatic carbocycles. The van der Waals surface area contributed by atoms with E-state index in [1.807, 2.05) is 54.8 Å². The molecule has 0 amide bonds. The number of methoxy groups -OCH3 is 1. The van der Waals surface area contributed by atoms with Crippen molar-refractivity contribution in [3.8, 4) is 22.9 Å². The highest BCUT2D eigenvalue weighted by Gasteiger charge is 2.22. The number of aromatic nitrogens is 2. The molecule has 0 fully saturated rings. The van der Waals surface area contributed by atoms with E-state index in [0.717, 1.165) is 17.2 Å². The van der Waals surface area contributed by atoms with Crippen LogP contribution in [0.3, 0.4) is 0 Å². The van der Waals surface area contributed by atoms with Crippen molar-refractivity contribution in [1.82, 2.24) is 4.57 Å². The number of phenols is 1. The minimum absolute atomic E-state index is 0.121. The van der Waals surface area contributed by atoms with Gasteiger partial charge in [-0.3, -0.25) is 0 Å². The largest absolute Gasteiger partial charge is 0.508 e. The Kier molecular flexibility index (Phi) is 4.08. The number of rotatable bonds is 3. The molecule has 0 bridgehead atoms. The van der Waals surface area contributed by atoms with E-state index >= 15 is 0 Å². The van der Waals surface area contributed by atoms with E-state index in [-0.39, 0.29) is 11.3 Å². The van der Waals surface area contributed by atoms with Crippen LogP contribution in [-0.2, 0) is 0 Å². The van der Waals surface area contributed by atoms with Crippen LogP contribution in [-0.4, -0.2) is 16.8 Å². The number of benzene rings is 2. The Morgan fingerprint density at radius 1 is 1.04 bits per heavy atom. The van der Waals surface area contributed by atoms with Gasteiger partial charge in [-0.25, -0.2) is 9.36 Å². The lowest BCUT2D eigenvalue weighted by Crippen LogP contribution is -2.44. The van der Waals surface area contributed by atoms with Crippen molar-refractivity contribution in [2.45, 2.75) is 13.8 Å². The predicted octanol–water partition coefficient (Wildman–Crippen LogP) is 2.45. The van der Waals surface area contributed by atoms with E-state index in [1.54, 1.807) is 29.9 Å². The molecule has 1 heterocycles. The summed E-state index contributed by atoms with van der Waals surface area (Å²) >= 11 is 0. The molecule has 0 saturated carbocycles. The zero-order valence-corrected chi connectivity index (χ0v) is 13.9. The molecule has 5 heteroatoms. The zero-order chi connectivity index (χ0) is 17.3. The fourth-order valence-corrected chi connectivity index (χ4v) is 2.92. The summed E-state index contributed by atoms with van der Waals surface area (Å²) in [6.45, 7) is 3.77. The van der Waals surface area contributed by atoms with Crippen LogP contribution < -0.4 is 14.9 Å². The molecular weight excluding hydrogens is 304 g/mol. The van der Waals surface area contributed by atoms with Gasteiger partial charge in [0.2, 0.25) is 0 Å². The lowest BCUT2D eigenvalue weighted by atomic mass is 10.2. The van der Waals surface area contributed by atoms with E-state index in [2.05, 4.69) is 0 Å². The number of aromatic hydroxyl groups is 1. The van der Waals surface area contributed by atoms with Crippen LogP contribution in [0.1, 0.15) is 11.5 Å². The molecule has 0 saturated heterocycles. The van der Waals surface area contributed by atoms with Gasteiger partial charge in [-0.15, -0.1) is 0 Å². The quantitative estimate of drug-likeness (QED) is 0.753. The van der Waals surface area contributed by atoms with E-state index in [4.69, 9.17) is 4.74 Å².